The van der Waals surface area contributed by atoms with E-state index in [9.17, 15) is 0 Å². The molecule has 1 aromatic carbocycles. The average molecular weight is 231 g/mol. The SMILES string of the molecule is CC.CC.CC1CC=CN=C1c1ccccc1. The van der Waals surface area contributed by atoms with Crippen molar-refractivity contribution >= 4 is 5.71 Å². The van der Waals surface area contributed by atoms with Crippen molar-refractivity contribution in [1.29, 1.82) is 0 Å². The van der Waals surface area contributed by atoms with Crippen molar-refractivity contribution in [2.75, 3.05) is 0 Å². The molecule has 1 heterocycles. The molecular formula is C16H25N. The van der Waals surface area contributed by atoms with Crippen molar-refractivity contribution in [3.63, 3.8) is 0 Å². The van der Waals surface area contributed by atoms with Crippen molar-refractivity contribution in [2.45, 2.75) is 41.0 Å². The Morgan fingerprint density at radius 2 is 1.59 bits per heavy atom. The summed E-state index contributed by atoms with van der Waals surface area (Å²) >= 11 is 0. The molecule has 0 aliphatic carbocycles. The molecule has 0 aromatic heterocycles. The van der Waals surface area contributed by atoms with Crippen molar-refractivity contribution in [3.8, 4) is 0 Å². The Balaban J connectivity index is 0.000000581. The highest BCUT2D eigenvalue weighted by Crippen LogP contribution is 2.17. The lowest BCUT2D eigenvalue weighted by Gasteiger charge is -2.15. The van der Waals surface area contributed by atoms with Gasteiger partial charge in [-0.05, 0) is 12.0 Å². The van der Waals surface area contributed by atoms with Gasteiger partial charge in [-0.15, -0.1) is 0 Å². The number of allylic oxidation sites excluding steroid dienone is 1. The Morgan fingerprint density at radius 3 is 2.12 bits per heavy atom. The van der Waals surface area contributed by atoms with Gasteiger partial charge in [0.25, 0.3) is 0 Å². The third kappa shape index (κ3) is 4.99. The van der Waals surface area contributed by atoms with Crippen LogP contribution in [0, 0.1) is 5.92 Å². The Hall–Kier alpha value is -1.37. The van der Waals surface area contributed by atoms with Crippen molar-refractivity contribution in [3.05, 3.63) is 48.2 Å². The van der Waals surface area contributed by atoms with Crippen molar-refractivity contribution in [1.82, 2.24) is 0 Å². The van der Waals surface area contributed by atoms with E-state index in [1.165, 1.54) is 11.3 Å². The fourth-order valence-electron chi connectivity index (χ4n) is 1.60. The minimum absolute atomic E-state index is 0.549. The van der Waals surface area contributed by atoms with E-state index in [0.717, 1.165) is 6.42 Å². The molecule has 0 radical (unpaired) electrons. The van der Waals surface area contributed by atoms with Gasteiger partial charge in [-0.3, -0.25) is 4.99 Å². The van der Waals surface area contributed by atoms with Crippen LogP contribution >= 0.6 is 0 Å². The maximum absolute atomic E-state index is 4.42. The van der Waals surface area contributed by atoms with Crippen LogP contribution in [0.3, 0.4) is 0 Å². The maximum atomic E-state index is 4.42. The number of nitrogens with zero attached hydrogens (tertiary/aromatic N) is 1. The number of hydrogen-bond acceptors (Lipinski definition) is 1. The lowest BCUT2D eigenvalue weighted by molar-refractivity contribution is 0.778. The minimum atomic E-state index is 0.549. The molecular weight excluding hydrogens is 206 g/mol. The van der Waals surface area contributed by atoms with E-state index in [0.29, 0.717) is 5.92 Å². The quantitative estimate of drug-likeness (QED) is 0.639. The zero-order chi connectivity index (χ0) is 13.1. The second kappa shape index (κ2) is 9.83. The smallest absolute Gasteiger partial charge is 0.0506 e. The van der Waals surface area contributed by atoms with Gasteiger partial charge in [-0.2, -0.15) is 0 Å². The van der Waals surface area contributed by atoms with Crippen molar-refractivity contribution in [2.24, 2.45) is 10.9 Å². The summed E-state index contributed by atoms with van der Waals surface area (Å²) in [5.41, 5.74) is 2.46. The summed E-state index contributed by atoms with van der Waals surface area (Å²) in [6.07, 6.45) is 5.13. The molecule has 0 spiro atoms. The van der Waals surface area contributed by atoms with Gasteiger partial charge in [0.2, 0.25) is 0 Å². The summed E-state index contributed by atoms with van der Waals surface area (Å²) in [7, 11) is 0. The summed E-state index contributed by atoms with van der Waals surface area (Å²) in [6, 6.07) is 10.4. The van der Waals surface area contributed by atoms with E-state index in [1.807, 2.05) is 40.0 Å². The van der Waals surface area contributed by atoms with Gasteiger partial charge in [-0.25, -0.2) is 0 Å². The van der Waals surface area contributed by atoms with E-state index in [1.54, 1.807) is 0 Å². The van der Waals surface area contributed by atoms with Crippen LogP contribution in [0.1, 0.15) is 46.6 Å². The topological polar surface area (TPSA) is 12.4 Å². The molecule has 1 aliphatic heterocycles. The first kappa shape index (κ1) is 15.6. The fourth-order valence-corrected chi connectivity index (χ4v) is 1.60. The molecule has 2 rings (SSSR count). The molecule has 1 aliphatic rings. The number of hydrogen-bond donors (Lipinski definition) is 0. The molecule has 0 bridgehead atoms. The van der Waals surface area contributed by atoms with E-state index >= 15 is 0 Å². The molecule has 0 saturated heterocycles. The van der Waals surface area contributed by atoms with Gasteiger partial charge in [0.1, 0.15) is 0 Å². The zero-order valence-electron chi connectivity index (χ0n) is 11.8. The Kier molecular flexibility index (Phi) is 9.04. The van der Waals surface area contributed by atoms with Crippen LogP contribution < -0.4 is 0 Å². The van der Waals surface area contributed by atoms with Gasteiger partial charge in [0.15, 0.2) is 0 Å². The zero-order valence-corrected chi connectivity index (χ0v) is 11.8. The molecule has 0 N–H and O–H groups in total. The lowest BCUT2D eigenvalue weighted by Crippen LogP contribution is -2.13. The molecule has 1 nitrogen and oxygen atoms in total. The molecule has 0 amide bonds. The van der Waals surface area contributed by atoms with Gasteiger partial charge < -0.3 is 0 Å². The first-order valence-electron chi connectivity index (χ1n) is 6.66. The Bertz CT molecular complexity index is 336. The monoisotopic (exact) mass is 231 g/mol. The van der Waals surface area contributed by atoms with Crippen LogP contribution in [0.4, 0.5) is 0 Å². The van der Waals surface area contributed by atoms with Crippen LogP contribution in [0.2, 0.25) is 0 Å². The summed E-state index contributed by atoms with van der Waals surface area (Å²) in [5, 5.41) is 0. The standard InChI is InChI=1S/C12H13N.2C2H6/c1-10-6-5-9-13-12(10)11-7-3-2-4-8-11;2*1-2/h2-5,7-10H,6H2,1H3;2*1-2H3. The molecule has 1 atom stereocenters. The fraction of sp³-hybridized carbons (Fsp3) is 0.438. The first-order chi connectivity index (χ1) is 8.38. The van der Waals surface area contributed by atoms with E-state index < -0.39 is 0 Å². The number of rotatable bonds is 1. The van der Waals surface area contributed by atoms with Crippen LogP contribution in [-0.4, -0.2) is 5.71 Å². The minimum Gasteiger partial charge on any atom is -0.261 e. The Labute approximate surface area is 106 Å². The highest BCUT2D eigenvalue weighted by Gasteiger charge is 2.12. The van der Waals surface area contributed by atoms with Crippen molar-refractivity contribution < 1.29 is 0 Å². The molecule has 1 unspecified atom stereocenters. The summed E-state index contributed by atoms with van der Waals surface area (Å²) < 4.78 is 0. The second-order valence-electron chi connectivity index (χ2n) is 3.40. The summed E-state index contributed by atoms with van der Waals surface area (Å²) in [4.78, 5) is 4.42. The maximum Gasteiger partial charge on any atom is 0.0506 e. The van der Waals surface area contributed by atoms with Crippen LogP contribution in [0.25, 0.3) is 0 Å². The highest BCUT2D eigenvalue weighted by molar-refractivity contribution is 6.02. The van der Waals surface area contributed by atoms with E-state index in [-0.39, 0.29) is 0 Å². The van der Waals surface area contributed by atoms with Gasteiger partial charge in [0, 0.05) is 12.1 Å². The average Bonchev–Trinajstić information content (AvgIpc) is 2.45. The second-order valence-corrected chi connectivity index (χ2v) is 3.40. The third-order valence-corrected chi connectivity index (χ3v) is 2.35. The number of aliphatic imine (C=N–C) groups is 1. The molecule has 0 saturated carbocycles. The first-order valence-corrected chi connectivity index (χ1v) is 6.66. The predicted octanol–water partition coefficient (Wildman–Crippen LogP) is 5.08. The third-order valence-electron chi connectivity index (χ3n) is 2.35. The summed E-state index contributed by atoms with van der Waals surface area (Å²) in [6.45, 7) is 10.2. The largest absolute Gasteiger partial charge is 0.261 e. The van der Waals surface area contributed by atoms with Gasteiger partial charge in [0.05, 0.1) is 5.71 Å². The van der Waals surface area contributed by atoms with Crippen LogP contribution in [0.5, 0.6) is 0 Å². The van der Waals surface area contributed by atoms with E-state index in [2.05, 4.69) is 42.3 Å². The van der Waals surface area contributed by atoms with E-state index in [4.69, 9.17) is 0 Å². The van der Waals surface area contributed by atoms with Gasteiger partial charge >= 0.3 is 0 Å². The number of benzene rings is 1. The highest BCUT2D eigenvalue weighted by atomic mass is 14.7. The van der Waals surface area contributed by atoms with Crippen LogP contribution in [-0.2, 0) is 0 Å². The predicted molar refractivity (Wildman–Crippen MR) is 78.6 cm³/mol. The lowest BCUT2D eigenvalue weighted by atomic mass is 9.94. The summed E-state index contributed by atoms with van der Waals surface area (Å²) in [5.74, 6) is 0.549. The molecule has 17 heavy (non-hydrogen) atoms. The molecule has 0 fully saturated rings. The molecule has 1 heteroatoms. The van der Waals surface area contributed by atoms with Crippen LogP contribution in [0.15, 0.2) is 47.6 Å². The molecule has 1 aromatic rings. The normalized spacial score (nSPS) is 17.0. The van der Waals surface area contributed by atoms with Gasteiger partial charge in [-0.1, -0.05) is 71.0 Å². The molecule has 94 valence electrons. The Morgan fingerprint density at radius 1 is 1.00 bits per heavy atom.